The normalized spacial score (nSPS) is 14.3. The Kier molecular flexibility index (Phi) is 11.4. The van der Waals surface area contributed by atoms with E-state index in [9.17, 15) is 9.90 Å². The Labute approximate surface area is 254 Å². The minimum atomic E-state index is -0.183. The number of carbonyl (C=O) groups is 1. The van der Waals surface area contributed by atoms with Gasteiger partial charge in [0.2, 0.25) is 0 Å². The van der Waals surface area contributed by atoms with Gasteiger partial charge in [-0.1, -0.05) is 23.2 Å². The van der Waals surface area contributed by atoms with E-state index < -0.39 is 0 Å². The van der Waals surface area contributed by atoms with Gasteiger partial charge in [-0.25, -0.2) is 9.97 Å². The number of rotatable bonds is 6. The zero-order chi connectivity index (χ0) is 25.4. The van der Waals surface area contributed by atoms with Crippen LogP contribution in [0.2, 0.25) is 10.0 Å². The molecule has 0 amide bonds. The number of aromatic nitrogens is 3. The van der Waals surface area contributed by atoms with Gasteiger partial charge in [0.15, 0.2) is 11.5 Å². The summed E-state index contributed by atoms with van der Waals surface area (Å²) in [6, 6.07) is 11.2. The number of phenolic OH excluding ortho intramolecular Hbond substituents is 1. The zero-order valence-corrected chi connectivity index (χ0v) is 24.9. The molecule has 208 valence electrons. The number of anilines is 3. The summed E-state index contributed by atoms with van der Waals surface area (Å²) in [5, 5.41) is 16.8. The van der Waals surface area contributed by atoms with Crippen LogP contribution in [0.1, 0.15) is 23.7 Å². The molecule has 0 spiro atoms. The number of hydrogen-bond donors (Lipinski definition) is 3. The van der Waals surface area contributed by atoms with Gasteiger partial charge in [-0.15, -0.1) is 37.2 Å². The lowest BCUT2D eigenvalue weighted by atomic mass is 10.1. The van der Waals surface area contributed by atoms with Crippen molar-refractivity contribution in [2.75, 3.05) is 30.4 Å². The van der Waals surface area contributed by atoms with Crippen LogP contribution in [0, 0.1) is 0 Å². The SMILES string of the molecule is CNC1CCN(c2ccc(Nc3c(C(C)=O)cnc4ccc(-c5cc(Cl)c(O)c(Cl)c5)nc34)cn2)C1.Cl.Cl.Cl. The molecule has 4 aromatic rings. The number of phenols is 1. The Morgan fingerprint density at radius 2 is 1.77 bits per heavy atom. The summed E-state index contributed by atoms with van der Waals surface area (Å²) in [5.74, 6) is 0.581. The molecule has 1 aliphatic rings. The number of pyridine rings is 3. The predicted molar refractivity (Wildman–Crippen MR) is 166 cm³/mol. The van der Waals surface area contributed by atoms with Crippen molar-refractivity contribution in [3.8, 4) is 17.0 Å². The highest BCUT2D eigenvalue weighted by atomic mass is 35.5. The van der Waals surface area contributed by atoms with E-state index in [4.69, 9.17) is 28.2 Å². The highest BCUT2D eigenvalue weighted by molar-refractivity contribution is 6.37. The number of aromatic hydroxyl groups is 1. The molecule has 1 atom stereocenters. The van der Waals surface area contributed by atoms with Crippen molar-refractivity contribution >= 4 is 94.4 Å². The molecule has 39 heavy (non-hydrogen) atoms. The van der Waals surface area contributed by atoms with E-state index in [1.165, 1.54) is 6.92 Å². The van der Waals surface area contributed by atoms with Crippen LogP contribution in [0.25, 0.3) is 22.3 Å². The van der Waals surface area contributed by atoms with Gasteiger partial charge in [0.1, 0.15) is 11.3 Å². The number of likely N-dealkylation sites (N-methyl/N-ethyl adjacent to an activating group) is 1. The standard InChI is InChI=1S/C26H24Cl2N6O2.3ClH/c1-14(35)18-12-30-22-5-4-21(15-9-19(27)26(36)20(28)10-15)33-25(22)24(18)32-16-3-6-23(31-11-16)34-8-7-17(13-34)29-2;;;/h3-6,9-12,17,29,36H,7-8,13H2,1-2H3,(H,30,32);3*1H. The average molecular weight is 633 g/mol. The minimum absolute atomic E-state index is 0. The second kappa shape index (κ2) is 13.7. The number of Topliss-reactive ketones (excluding diaryl/α,β-unsaturated/α-hetero) is 1. The number of nitrogens with one attached hydrogen (secondary N) is 2. The summed E-state index contributed by atoms with van der Waals surface area (Å²) < 4.78 is 0. The van der Waals surface area contributed by atoms with Crippen molar-refractivity contribution in [1.82, 2.24) is 20.3 Å². The molecule has 1 aromatic carbocycles. The van der Waals surface area contributed by atoms with Crippen molar-refractivity contribution in [1.29, 1.82) is 0 Å². The van der Waals surface area contributed by atoms with E-state index in [0.717, 1.165) is 31.0 Å². The van der Waals surface area contributed by atoms with Crippen LogP contribution in [0.4, 0.5) is 17.2 Å². The molecule has 1 aliphatic heterocycles. The monoisotopic (exact) mass is 630 g/mol. The second-order valence-electron chi connectivity index (χ2n) is 8.71. The number of fused-ring (bicyclic) bond motifs is 1. The molecule has 5 rings (SSSR count). The fourth-order valence-electron chi connectivity index (χ4n) is 4.33. The molecule has 13 heteroatoms. The van der Waals surface area contributed by atoms with E-state index in [2.05, 4.69) is 25.5 Å². The number of halogens is 5. The van der Waals surface area contributed by atoms with Gasteiger partial charge >= 0.3 is 0 Å². The lowest BCUT2D eigenvalue weighted by Gasteiger charge is -2.18. The first-order valence-electron chi connectivity index (χ1n) is 11.5. The fraction of sp³-hybridized carbons (Fsp3) is 0.231. The Morgan fingerprint density at radius 1 is 1.05 bits per heavy atom. The first-order chi connectivity index (χ1) is 17.3. The van der Waals surface area contributed by atoms with Crippen LogP contribution >= 0.6 is 60.4 Å². The number of nitrogens with zero attached hydrogens (tertiary/aromatic N) is 4. The smallest absolute Gasteiger partial charge is 0.163 e. The van der Waals surface area contributed by atoms with Crippen LogP contribution < -0.4 is 15.5 Å². The third kappa shape index (κ3) is 6.77. The highest BCUT2D eigenvalue weighted by Crippen LogP contribution is 2.37. The van der Waals surface area contributed by atoms with E-state index in [1.807, 2.05) is 25.2 Å². The van der Waals surface area contributed by atoms with Gasteiger partial charge in [-0.2, -0.15) is 0 Å². The van der Waals surface area contributed by atoms with E-state index in [-0.39, 0.29) is 58.8 Å². The van der Waals surface area contributed by atoms with E-state index >= 15 is 0 Å². The maximum atomic E-state index is 12.5. The lowest BCUT2D eigenvalue weighted by molar-refractivity contribution is 0.101. The third-order valence-corrected chi connectivity index (χ3v) is 6.92. The van der Waals surface area contributed by atoms with Gasteiger partial charge in [0, 0.05) is 30.9 Å². The molecule has 1 unspecified atom stereocenters. The molecule has 1 fully saturated rings. The van der Waals surface area contributed by atoms with E-state index in [0.29, 0.717) is 39.6 Å². The zero-order valence-electron chi connectivity index (χ0n) is 20.9. The van der Waals surface area contributed by atoms with Crippen molar-refractivity contribution in [2.45, 2.75) is 19.4 Å². The van der Waals surface area contributed by atoms with E-state index in [1.54, 1.807) is 30.6 Å². The molecule has 8 nitrogen and oxygen atoms in total. The lowest BCUT2D eigenvalue weighted by Crippen LogP contribution is -2.29. The molecule has 4 heterocycles. The highest BCUT2D eigenvalue weighted by Gasteiger charge is 2.22. The van der Waals surface area contributed by atoms with Gasteiger partial charge in [0.05, 0.1) is 44.4 Å². The Hall–Kier alpha value is -2.59. The topological polar surface area (TPSA) is 103 Å². The van der Waals surface area contributed by atoms with Crippen LogP contribution in [0.15, 0.2) is 48.8 Å². The van der Waals surface area contributed by atoms with Crippen LogP contribution in [0.3, 0.4) is 0 Å². The van der Waals surface area contributed by atoms with Crippen molar-refractivity contribution in [3.05, 3.63) is 64.4 Å². The Balaban J connectivity index is 0.00000178. The number of hydrogen-bond acceptors (Lipinski definition) is 8. The first kappa shape index (κ1) is 32.6. The maximum Gasteiger partial charge on any atom is 0.163 e. The summed E-state index contributed by atoms with van der Waals surface area (Å²) in [7, 11) is 1.98. The largest absolute Gasteiger partial charge is 0.505 e. The summed E-state index contributed by atoms with van der Waals surface area (Å²) in [6.07, 6.45) is 4.38. The maximum absolute atomic E-state index is 12.5. The molecule has 0 bridgehead atoms. The molecule has 3 N–H and O–H groups in total. The predicted octanol–water partition coefficient (Wildman–Crippen LogP) is 6.71. The van der Waals surface area contributed by atoms with Crippen molar-refractivity contribution < 1.29 is 9.90 Å². The minimum Gasteiger partial charge on any atom is -0.505 e. The van der Waals surface area contributed by atoms with Gasteiger partial charge in [-0.3, -0.25) is 9.78 Å². The van der Waals surface area contributed by atoms with Crippen LogP contribution in [-0.4, -0.2) is 52.0 Å². The summed E-state index contributed by atoms with van der Waals surface area (Å²) in [6.45, 7) is 3.36. The number of benzene rings is 1. The van der Waals surface area contributed by atoms with Crippen LogP contribution in [0.5, 0.6) is 5.75 Å². The van der Waals surface area contributed by atoms with Crippen LogP contribution in [-0.2, 0) is 0 Å². The number of ketones is 1. The Morgan fingerprint density at radius 3 is 2.36 bits per heavy atom. The molecular weight excluding hydrogens is 606 g/mol. The average Bonchev–Trinajstić information content (AvgIpc) is 3.36. The summed E-state index contributed by atoms with van der Waals surface area (Å²) in [5.41, 5.74) is 3.99. The van der Waals surface area contributed by atoms with Crippen molar-refractivity contribution in [2.24, 2.45) is 0 Å². The molecule has 0 saturated carbocycles. The molecule has 0 aliphatic carbocycles. The molecule has 0 radical (unpaired) electrons. The van der Waals surface area contributed by atoms with Gasteiger partial charge in [-0.05, 0) is 56.8 Å². The third-order valence-electron chi connectivity index (χ3n) is 6.34. The summed E-state index contributed by atoms with van der Waals surface area (Å²) >= 11 is 12.2. The van der Waals surface area contributed by atoms with Gasteiger partial charge in [0.25, 0.3) is 0 Å². The number of carbonyl (C=O) groups excluding carboxylic acids is 1. The summed E-state index contributed by atoms with van der Waals surface area (Å²) in [4.78, 5) is 28.6. The molecule has 3 aromatic heterocycles. The molecule has 1 saturated heterocycles. The second-order valence-corrected chi connectivity index (χ2v) is 9.52. The quantitative estimate of drug-likeness (QED) is 0.202. The Bertz CT molecular complexity index is 1450. The van der Waals surface area contributed by atoms with Gasteiger partial charge < -0.3 is 20.6 Å². The molecular formula is C26H27Cl5N6O2. The fourth-order valence-corrected chi connectivity index (χ4v) is 4.82. The van der Waals surface area contributed by atoms with Crippen molar-refractivity contribution in [3.63, 3.8) is 0 Å². The first-order valence-corrected chi connectivity index (χ1v) is 12.2.